The fourth-order valence-corrected chi connectivity index (χ4v) is 2.74. The Labute approximate surface area is 184 Å². The second kappa shape index (κ2) is 13.0. The number of H-pyrrole nitrogens is 1. The van der Waals surface area contributed by atoms with Gasteiger partial charge in [0.25, 0.3) is 0 Å². The van der Waals surface area contributed by atoms with Crippen molar-refractivity contribution in [3.05, 3.63) is 18.2 Å². The number of carbonyl (C=O) groups is 5. The summed E-state index contributed by atoms with van der Waals surface area (Å²) in [7, 11) is 0. The number of aromatic amines is 1. The lowest BCUT2D eigenvalue weighted by atomic mass is 9.97. The van der Waals surface area contributed by atoms with Crippen molar-refractivity contribution in [2.24, 2.45) is 11.7 Å². The molecular weight excluding hydrogens is 424 g/mol. The first-order valence-electron chi connectivity index (χ1n) is 10.1. The van der Waals surface area contributed by atoms with E-state index < -0.39 is 60.8 Å². The van der Waals surface area contributed by atoms with Crippen LogP contribution in [0.5, 0.6) is 0 Å². The van der Waals surface area contributed by atoms with Crippen LogP contribution >= 0.6 is 0 Å². The highest BCUT2D eigenvalue weighted by Crippen LogP contribution is 2.09. The fraction of sp³-hybridized carbons (Fsp3) is 0.579. The van der Waals surface area contributed by atoms with Crippen LogP contribution in [-0.2, 0) is 30.4 Å². The molecule has 0 aliphatic carbocycles. The van der Waals surface area contributed by atoms with Crippen molar-refractivity contribution >= 4 is 29.7 Å². The number of aromatic nitrogens is 2. The smallest absolute Gasteiger partial charge is 0.326 e. The molecular formula is C19H30N6O7. The van der Waals surface area contributed by atoms with Crippen molar-refractivity contribution in [3.8, 4) is 0 Å². The molecule has 13 heteroatoms. The van der Waals surface area contributed by atoms with Crippen LogP contribution in [0.4, 0.5) is 0 Å². The van der Waals surface area contributed by atoms with Crippen LogP contribution in [-0.4, -0.2) is 74.5 Å². The SMILES string of the molecule is CCC(C)C(NC(=O)C(N)Cc1cnc[nH]1)C(=O)NCC(=O)NC(CCC(=O)O)C(=O)O. The monoisotopic (exact) mass is 454 g/mol. The molecule has 8 N–H and O–H groups in total. The van der Waals surface area contributed by atoms with Crippen molar-refractivity contribution in [2.75, 3.05) is 6.54 Å². The number of carboxylic acid groups (broad SMARTS) is 2. The second-order valence-electron chi connectivity index (χ2n) is 7.37. The van der Waals surface area contributed by atoms with Gasteiger partial charge in [-0.3, -0.25) is 19.2 Å². The maximum atomic E-state index is 12.6. The maximum Gasteiger partial charge on any atom is 0.326 e. The van der Waals surface area contributed by atoms with Gasteiger partial charge in [0.05, 0.1) is 18.9 Å². The van der Waals surface area contributed by atoms with Gasteiger partial charge in [-0.15, -0.1) is 0 Å². The first-order chi connectivity index (χ1) is 15.0. The van der Waals surface area contributed by atoms with Gasteiger partial charge in [-0.25, -0.2) is 9.78 Å². The summed E-state index contributed by atoms with van der Waals surface area (Å²) in [6, 6.07) is -3.29. The van der Waals surface area contributed by atoms with Gasteiger partial charge in [-0.1, -0.05) is 20.3 Å². The zero-order chi connectivity index (χ0) is 24.3. The molecule has 13 nitrogen and oxygen atoms in total. The van der Waals surface area contributed by atoms with E-state index in [4.69, 9.17) is 15.9 Å². The number of rotatable bonds is 14. The fourth-order valence-electron chi connectivity index (χ4n) is 2.74. The number of nitrogens with one attached hydrogen (secondary N) is 4. The van der Waals surface area contributed by atoms with Crippen molar-refractivity contribution in [3.63, 3.8) is 0 Å². The van der Waals surface area contributed by atoms with Crippen LogP contribution in [0.25, 0.3) is 0 Å². The number of hydrogen-bond acceptors (Lipinski definition) is 7. The Morgan fingerprint density at radius 1 is 1.16 bits per heavy atom. The van der Waals surface area contributed by atoms with Gasteiger partial charge in [0.15, 0.2) is 0 Å². The number of nitrogens with two attached hydrogens (primary N) is 1. The normalized spacial score (nSPS) is 14.5. The molecule has 0 aliphatic rings. The lowest BCUT2D eigenvalue weighted by Gasteiger charge is -2.25. The Kier molecular flexibility index (Phi) is 10.8. The molecule has 32 heavy (non-hydrogen) atoms. The Morgan fingerprint density at radius 2 is 1.84 bits per heavy atom. The lowest BCUT2D eigenvalue weighted by Crippen LogP contribution is -2.56. The maximum absolute atomic E-state index is 12.6. The van der Waals surface area contributed by atoms with E-state index in [0.29, 0.717) is 12.1 Å². The molecule has 1 aromatic rings. The van der Waals surface area contributed by atoms with E-state index in [2.05, 4.69) is 25.9 Å². The van der Waals surface area contributed by atoms with Crippen LogP contribution < -0.4 is 21.7 Å². The molecule has 0 fully saturated rings. The molecule has 1 rings (SSSR count). The van der Waals surface area contributed by atoms with Crippen LogP contribution in [0.3, 0.4) is 0 Å². The summed E-state index contributed by atoms with van der Waals surface area (Å²) in [6.45, 7) is 3.03. The van der Waals surface area contributed by atoms with Crippen molar-refractivity contribution < 1.29 is 34.2 Å². The van der Waals surface area contributed by atoms with E-state index in [1.807, 2.05) is 6.92 Å². The molecule has 0 saturated heterocycles. The van der Waals surface area contributed by atoms with E-state index in [9.17, 15) is 24.0 Å². The van der Waals surface area contributed by atoms with Gasteiger partial charge >= 0.3 is 11.9 Å². The summed E-state index contributed by atoms with van der Waals surface area (Å²) in [5.74, 6) is -4.85. The summed E-state index contributed by atoms with van der Waals surface area (Å²) in [5, 5.41) is 24.9. The largest absolute Gasteiger partial charge is 0.481 e. The molecule has 0 radical (unpaired) electrons. The molecule has 0 aromatic carbocycles. The Bertz CT molecular complexity index is 798. The molecule has 4 atom stereocenters. The van der Waals surface area contributed by atoms with Crippen LogP contribution in [0.15, 0.2) is 12.5 Å². The first-order valence-corrected chi connectivity index (χ1v) is 10.1. The molecule has 0 spiro atoms. The zero-order valence-corrected chi connectivity index (χ0v) is 18.0. The molecule has 0 saturated carbocycles. The minimum absolute atomic E-state index is 0.190. The minimum Gasteiger partial charge on any atom is -0.481 e. The first kappa shape index (κ1) is 26.6. The molecule has 178 valence electrons. The predicted molar refractivity (Wildman–Crippen MR) is 111 cm³/mol. The quantitative estimate of drug-likeness (QED) is 0.171. The number of nitrogens with zero attached hydrogens (tertiary/aromatic N) is 1. The molecule has 0 aliphatic heterocycles. The third-order valence-corrected chi connectivity index (χ3v) is 4.83. The third kappa shape index (κ3) is 9.12. The highest BCUT2D eigenvalue weighted by atomic mass is 16.4. The van der Waals surface area contributed by atoms with Gasteiger partial charge in [-0.05, 0) is 12.3 Å². The van der Waals surface area contributed by atoms with Gasteiger partial charge in [0, 0.05) is 24.7 Å². The zero-order valence-electron chi connectivity index (χ0n) is 18.0. The third-order valence-electron chi connectivity index (χ3n) is 4.83. The van der Waals surface area contributed by atoms with Gasteiger partial charge in [-0.2, -0.15) is 0 Å². The number of carbonyl (C=O) groups excluding carboxylic acids is 3. The van der Waals surface area contributed by atoms with E-state index >= 15 is 0 Å². The molecule has 4 unspecified atom stereocenters. The number of hydrogen-bond donors (Lipinski definition) is 7. The average Bonchev–Trinajstić information content (AvgIpc) is 3.24. The number of aliphatic carboxylic acids is 2. The van der Waals surface area contributed by atoms with E-state index in [1.165, 1.54) is 12.5 Å². The van der Waals surface area contributed by atoms with Gasteiger partial charge < -0.3 is 36.9 Å². The lowest BCUT2D eigenvalue weighted by molar-refractivity contribution is -0.143. The standard InChI is InChI=1S/C19H30N6O7/c1-3-10(2)16(25-17(29)12(20)6-11-7-21-9-23-11)18(30)22-8-14(26)24-13(19(31)32)4-5-15(27)28/h7,9-10,12-13,16H,3-6,8,20H2,1-2H3,(H,21,23)(H,22,30)(H,24,26)(H,25,29)(H,27,28)(H,31,32). The number of amides is 3. The number of imidazole rings is 1. The van der Waals surface area contributed by atoms with Crippen LogP contribution in [0.2, 0.25) is 0 Å². The van der Waals surface area contributed by atoms with Crippen molar-refractivity contribution in [2.45, 2.75) is 57.7 Å². The van der Waals surface area contributed by atoms with Crippen molar-refractivity contribution in [1.29, 1.82) is 0 Å². The summed E-state index contributed by atoms with van der Waals surface area (Å²) in [6.07, 6.45) is 2.99. The van der Waals surface area contributed by atoms with Crippen LogP contribution in [0, 0.1) is 5.92 Å². The van der Waals surface area contributed by atoms with Gasteiger partial charge in [0.1, 0.15) is 12.1 Å². The predicted octanol–water partition coefficient (Wildman–Crippen LogP) is -1.64. The highest BCUT2D eigenvalue weighted by molar-refractivity contribution is 5.92. The molecule has 1 heterocycles. The average molecular weight is 454 g/mol. The summed E-state index contributed by atoms with van der Waals surface area (Å²) in [5.41, 5.74) is 6.56. The Morgan fingerprint density at radius 3 is 2.38 bits per heavy atom. The topological polar surface area (TPSA) is 217 Å². The van der Waals surface area contributed by atoms with E-state index in [1.54, 1.807) is 6.92 Å². The summed E-state index contributed by atoms with van der Waals surface area (Å²) < 4.78 is 0. The molecule has 1 aromatic heterocycles. The Balaban J connectivity index is 2.65. The summed E-state index contributed by atoms with van der Waals surface area (Å²) >= 11 is 0. The number of carboxylic acids is 2. The van der Waals surface area contributed by atoms with Crippen molar-refractivity contribution in [1.82, 2.24) is 25.9 Å². The van der Waals surface area contributed by atoms with Gasteiger partial charge in [0.2, 0.25) is 17.7 Å². The van der Waals surface area contributed by atoms with Crippen LogP contribution in [0.1, 0.15) is 38.8 Å². The Hall–Kier alpha value is -3.48. The minimum atomic E-state index is -1.40. The second-order valence-corrected chi connectivity index (χ2v) is 7.37. The summed E-state index contributed by atoms with van der Waals surface area (Å²) in [4.78, 5) is 65.5. The van der Waals surface area contributed by atoms with E-state index in [-0.39, 0.29) is 18.8 Å². The highest BCUT2D eigenvalue weighted by Gasteiger charge is 2.29. The van der Waals surface area contributed by atoms with E-state index in [0.717, 1.165) is 0 Å². The molecule has 0 bridgehead atoms. The molecule has 3 amide bonds.